The third kappa shape index (κ3) is 3.06. The average Bonchev–Trinajstić information content (AvgIpc) is 2.30. The maximum Gasteiger partial charge on any atom is 0.148 e. The highest BCUT2D eigenvalue weighted by atomic mass is 16.3. The summed E-state index contributed by atoms with van der Waals surface area (Å²) in [5.74, 6) is 0.876. The fourth-order valence-electron chi connectivity index (χ4n) is 1.06. The van der Waals surface area contributed by atoms with Crippen LogP contribution in [-0.4, -0.2) is 27.5 Å². The van der Waals surface area contributed by atoms with Gasteiger partial charge in [0.05, 0.1) is 6.10 Å². The lowest BCUT2D eigenvalue weighted by atomic mass is 10.3. The zero-order valence-corrected chi connectivity index (χ0v) is 8.41. The average molecular weight is 183 g/mol. The fourth-order valence-corrected chi connectivity index (χ4v) is 1.06. The monoisotopic (exact) mass is 183 g/mol. The summed E-state index contributed by atoms with van der Waals surface area (Å²) in [5, 5.41) is 16.4. The third-order valence-corrected chi connectivity index (χ3v) is 1.98. The Balaban J connectivity index is 2.37. The van der Waals surface area contributed by atoms with Crippen LogP contribution in [0.25, 0.3) is 0 Å². The molecular weight excluding hydrogens is 166 g/mol. The quantitative estimate of drug-likeness (QED) is 0.729. The van der Waals surface area contributed by atoms with Crippen molar-refractivity contribution in [2.24, 2.45) is 7.05 Å². The molecule has 2 N–H and O–H groups in total. The molecule has 74 valence electrons. The van der Waals surface area contributed by atoms with Gasteiger partial charge in [-0.2, -0.15) is 5.10 Å². The van der Waals surface area contributed by atoms with Crippen molar-refractivity contribution >= 4 is 5.82 Å². The van der Waals surface area contributed by atoms with Crippen molar-refractivity contribution in [2.45, 2.75) is 26.4 Å². The number of anilines is 1. The van der Waals surface area contributed by atoms with Gasteiger partial charge >= 0.3 is 0 Å². The summed E-state index contributed by atoms with van der Waals surface area (Å²) < 4.78 is 1.82. The summed E-state index contributed by atoms with van der Waals surface area (Å²) >= 11 is 0. The zero-order valence-electron chi connectivity index (χ0n) is 8.41. The Labute approximate surface area is 78.6 Å². The van der Waals surface area contributed by atoms with Crippen LogP contribution in [0.1, 0.15) is 19.0 Å². The van der Waals surface area contributed by atoms with Crippen LogP contribution in [0.3, 0.4) is 0 Å². The molecule has 1 heterocycles. The molecule has 0 saturated carbocycles. The van der Waals surface area contributed by atoms with E-state index < -0.39 is 0 Å². The van der Waals surface area contributed by atoms with Crippen molar-refractivity contribution in [3.8, 4) is 0 Å². The van der Waals surface area contributed by atoms with Gasteiger partial charge in [-0.15, -0.1) is 0 Å². The molecule has 1 aromatic rings. The van der Waals surface area contributed by atoms with E-state index in [2.05, 4.69) is 10.4 Å². The first-order valence-electron chi connectivity index (χ1n) is 4.52. The number of rotatable bonds is 4. The fraction of sp³-hybridized carbons (Fsp3) is 0.667. The SMILES string of the molecule is Cc1cc(NCCC(C)O)nn1C. The summed E-state index contributed by atoms with van der Waals surface area (Å²) in [6, 6.07) is 1.99. The van der Waals surface area contributed by atoms with Crippen molar-refractivity contribution < 1.29 is 5.11 Å². The molecular formula is C9H17N3O. The van der Waals surface area contributed by atoms with Crippen molar-refractivity contribution in [3.63, 3.8) is 0 Å². The smallest absolute Gasteiger partial charge is 0.148 e. The number of hydrogen-bond donors (Lipinski definition) is 2. The lowest BCUT2D eigenvalue weighted by Crippen LogP contribution is -2.10. The van der Waals surface area contributed by atoms with E-state index in [9.17, 15) is 0 Å². The summed E-state index contributed by atoms with van der Waals surface area (Å²) in [5.41, 5.74) is 1.12. The highest BCUT2D eigenvalue weighted by molar-refractivity contribution is 5.35. The maximum atomic E-state index is 9.02. The minimum atomic E-state index is -0.252. The van der Waals surface area contributed by atoms with Gasteiger partial charge in [0.1, 0.15) is 5.82 Å². The van der Waals surface area contributed by atoms with Crippen LogP contribution in [0.5, 0.6) is 0 Å². The Hall–Kier alpha value is -1.03. The Kier molecular flexibility index (Phi) is 3.31. The van der Waals surface area contributed by atoms with Crippen LogP contribution in [0, 0.1) is 6.92 Å². The molecule has 1 unspecified atom stereocenters. The van der Waals surface area contributed by atoms with Crippen molar-refractivity contribution in [2.75, 3.05) is 11.9 Å². The van der Waals surface area contributed by atoms with E-state index in [1.807, 2.05) is 24.7 Å². The number of hydrogen-bond acceptors (Lipinski definition) is 3. The number of aliphatic hydroxyl groups excluding tert-OH is 1. The predicted molar refractivity (Wildman–Crippen MR) is 52.7 cm³/mol. The van der Waals surface area contributed by atoms with Crippen molar-refractivity contribution in [1.29, 1.82) is 0 Å². The molecule has 0 saturated heterocycles. The molecule has 13 heavy (non-hydrogen) atoms. The molecule has 0 aromatic carbocycles. The summed E-state index contributed by atoms with van der Waals surface area (Å²) in [7, 11) is 1.91. The summed E-state index contributed by atoms with van der Waals surface area (Å²) in [4.78, 5) is 0. The van der Waals surface area contributed by atoms with Crippen LogP contribution >= 0.6 is 0 Å². The van der Waals surface area contributed by atoms with Gasteiger partial charge in [0.25, 0.3) is 0 Å². The summed E-state index contributed by atoms with van der Waals surface area (Å²) in [6.07, 6.45) is 0.493. The minimum absolute atomic E-state index is 0.252. The van der Waals surface area contributed by atoms with Gasteiger partial charge in [-0.3, -0.25) is 4.68 Å². The van der Waals surface area contributed by atoms with E-state index in [-0.39, 0.29) is 6.10 Å². The van der Waals surface area contributed by atoms with Gasteiger partial charge in [0, 0.05) is 25.4 Å². The molecule has 0 aliphatic rings. The number of aromatic nitrogens is 2. The van der Waals surface area contributed by atoms with Crippen LogP contribution in [0.2, 0.25) is 0 Å². The number of nitrogens with one attached hydrogen (secondary N) is 1. The van der Waals surface area contributed by atoms with E-state index in [1.54, 1.807) is 6.92 Å². The standard InChI is InChI=1S/C9H17N3O/c1-7-6-9(11-12(7)3)10-5-4-8(2)13/h6,8,13H,4-5H2,1-3H3,(H,10,11). The van der Waals surface area contributed by atoms with E-state index in [4.69, 9.17) is 5.11 Å². The van der Waals surface area contributed by atoms with E-state index in [0.29, 0.717) is 0 Å². The Bertz CT molecular complexity index is 248. The van der Waals surface area contributed by atoms with Gasteiger partial charge in [-0.05, 0) is 20.3 Å². The first-order valence-corrected chi connectivity index (χ1v) is 4.52. The Morgan fingerprint density at radius 2 is 2.38 bits per heavy atom. The second-order valence-corrected chi connectivity index (χ2v) is 3.36. The molecule has 0 amide bonds. The molecule has 4 heteroatoms. The topological polar surface area (TPSA) is 50.1 Å². The minimum Gasteiger partial charge on any atom is -0.393 e. The molecule has 0 radical (unpaired) electrons. The van der Waals surface area contributed by atoms with Crippen molar-refractivity contribution in [3.05, 3.63) is 11.8 Å². The number of aryl methyl sites for hydroxylation is 2. The zero-order chi connectivity index (χ0) is 9.84. The van der Waals surface area contributed by atoms with Crippen LogP contribution in [0.4, 0.5) is 5.82 Å². The molecule has 0 aliphatic carbocycles. The molecule has 1 rings (SSSR count). The second kappa shape index (κ2) is 4.28. The van der Waals surface area contributed by atoms with Gasteiger partial charge in [-0.25, -0.2) is 0 Å². The first kappa shape index (κ1) is 10.1. The number of aliphatic hydroxyl groups is 1. The maximum absolute atomic E-state index is 9.02. The lowest BCUT2D eigenvalue weighted by molar-refractivity contribution is 0.188. The van der Waals surface area contributed by atoms with Crippen LogP contribution < -0.4 is 5.32 Å². The highest BCUT2D eigenvalue weighted by Crippen LogP contribution is 2.06. The molecule has 1 atom stereocenters. The van der Waals surface area contributed by atoms with Gasteiger partial charge in [-0.1, -0.05) is 0 Å². The summed E-state index contributed by atoms with van der Waals surface area (Å²) in [6.45, 7) is 4.55. The third-order valence-electron chi connectivity index (χ3n) is 1.98. The number of nitrogens with zero attached hydrogens (tertiary/aromatic N) is 2. The normalized spacial score (nSPS) is 12.9. The molecule has 0 fully saturated rings. The molecule has 0 aliphatic heterocycles. The molecule has 4 nitrogen and oxygen atoms in total. The van der Waals surface area contributed by atoms with E-state index in [0.717, 1.165) is 24.5 Å². The molecule has 0 spiro atoms. The first-order chi connectivity index (χ1) is 6.09. The Morgan fingerprint density at radius 3 is 2.85 bits per heavy atom. The largest absolute Gasteiger partial charge is 0.393 e. The predicted octanol–water partition coefficient (Wildman–Crippen LogP) is 0.911. The lowest BCUT2D eigenvalue weighted by Gasteiger charge is -2.04. The van der Waals surface area contributed by atoms with E-state index in [1.165, 1.54) is 0 Å². The highest BCUT2D eigenvalue weighted by Gasteiger charge is 2.00. The van der Waals surface area contributed by atoms with Gasteiger partial charge in [0.15, 0.2) is 0 Å². The molecule has 1 aromatic heterocycles. The molecule has 0 bridgehead atoms. The van der Waals surface area contributed by atoms with Gasteiger partial charge in [0.2, 0.25) is 0 Å². The Morgan fingerprint density at radius 1 is 1.69 bits per heavy atom. The van der Waals surface area contributed by atoms with Crippen molar-refractivity contribution in [1.82, 2.24) is 9.78 Å². The second-order valence-electron chi connectivity index (χ2n) is 3.36. The van der Waals surface area contributed by atoms with Crippen LogP contribution in [0.15, 0.2) is 6.07 Å². The van der Waals surface area contributed by atoms with Gasteiger partial charge < -0.3 is 10.4 Å². The van der Waals surface area contributed by atoms with Crippen LogP contribution in [-0.2, 0) is 7.05 Å². The van der Waals surface area contributed by atoms with E-state index >= 15 is 0 Å².